The molecule has 1 unspecified atom stereocenters. The highest BCUT2D eigenvalue weighted by Crippen LogP contribution is 2.21. The van der Waals surface area contributed by atoms with E-state index in [9.17, 15) is 18.4 Å². The average Bonchev–Trinajstić information content (AvgIpc) is 2.61. The molecule has 0 aliphatic heterocycles. The Hall–Kier alpha value is -3.03. The van der Waals surface area contributed by atoms with Crippen LogP contribution < -0.4 is 10.1 Å². The maximum Gasteiger partial charge on any atom is 0.387 e. The van der Waals surface area contributed by atoms with Crippen LogP contribution in [0.25, 0.3) is 0 Å². The number of esters is 1. The van der Waals surface area contributed by atoms with Crippen LogP contribution in [-0.2, 0) is 4.74 Å². The first-order valence-electron chi connectivity index (χ1n) is 8.32. The molecule has 1 heterocycles. The van der Waals surface area contributed by atoms with Crippen molar-refractivity contribution in [3.8, 4) is 5.75 Å². The molecule has 2 rings (SSSR count). The molecule has 27 heavy (non-hydrogen) atoms. The fourth-order valence-corrected chi connectivity index (χ4v) is 2.43. The van der Waals surface area contributed by atoms with E-state index in [0.717, 1.165) is 0 Å². The van der Waals surface area contributed by atoms with E-state index in [-0.39, 0.29) is 18.1 Å². The van der Waals surface area contributed by atoms with Crippen molar-refractivity contribution in [2.75, 3.05) is 6.61 Å². The summed E-state index contributed by atoms with van der Waals surface area (Å²) in [6, 6.07) is 8.53. The lowest BCUT2D eigenvalue weighted by Gasteiger charge is -2.16. The number of rotatable bonds is 7. The molecule has 0 saturated heterocycles. The van der Waals surface area contributed by atoms with E-state index in [2.05, 4.69) is 15.0 Å². The van der Waals surface area contributed by atoms with Crippen LogP contribution in [0, 0.1) is 6.92 Å². The van der Waals surface area contributed by atoms with Crippen LogP contribution in [0.3, 0.4) is 0 Å². The van der Waals surface area contributed by atoms with E-state index in [0.29, 0.717) is 16.8 Å². The number of pyridine rings is 1. The standard InChI is InChI=1S/C19H20F2N2O4/c1-4-26-18(25)15-8-9-16(22-12(15)3)17(24)23-11(2)13-6-5-7-14(10-13)27-19(20)21/h5-11,19H,4H2,1-3H3,(H,23,24). The number of carbonyl (C=O) groups excluding carboxylic acids is 2. The van der Waals surface area contributed by atoms with Crippen molar-refractivity contribution in [2.45, 2.75) is 33.4 Å². The quantitative estimate of drug-likeness (QED) is 0.744. The number of carbonyl (C=O) groups is 2. The predicted molar refractivity (Wildman–Crippen MR) is 93.9 cm³/mol. The Kier molecular flexibility index (Phi) is 6.81. The molecular formula is C19H20F2N2O4. The van der Waals surface area contributed by atoms with Crippen LogP contribution in [-0.4, -0.2) is 30.1 Å². The monoisotopic (exact) mass is 378 g/mol. The Morgan fingerprint density at radius 2 is 1.96 bits per heavy atom. The number of nitrogens with zero attached hydrogens (tertiary/aromatic N) is 1. The van der Waals surface area contributed by atoms with Crippen molar-refractivity contribution < 1.29 is 27.8 Å². The highest BCUT2D eigenvalue weighted by molar-refractivity contribution is 5.95. The number of aryl methyl sites for hydroxylation is 1. The van der Waals surface area contributed by atoms with Crippen molar-refractivity contribution in [2.24, 2.45) is 0 Å². The van der Waals surface area contributed by atoms with Gasteiger partial charge in [-0.25, -0.2) is 9.78 Å². The van der Waals surface area contributed by atoms with Gasteiger partial charge in [0.05, 0.1) is 23.9 Å². The number of halogens is 2. The second kappa shape index (κ2) is 9.07. The maximum atomic E-state index is 12.4. The van der Waals surface area contributed by atoms with Crippen molar-refractivity contribution >= 4 is 11.9 Å². The number of benzene rings is 1. The summed E-state index contributed by atoms with van der Waals surface area (Å²) in [5.74, 6) is -0.948. The van der Waals surface area contributed by atoms with E-state index in [1.54, 1.807) is 32.9 Å². The molecule has 0 fully saturated rings. The molecule has 1 amide bonds. The van der Waals surface area contributed by atoms with E-state index in [4.69, 9.17) is 4.74 Å². The van der Waals surface area contributed by atoms with E-state index in [1.165, 1.54) is 24.3 Å². The zero-order valence-electron chi connectivity index (χ0n) is 15.2. The van der Waals surface area contributed by atoms with Crippen LogP contribution in [0.5, 0.6) is 5.75 Å². The van der Waals surface area contributed by atoms with Gasteiger partial charge >= 0.3 is 12.6 Å². The van der Waals surface area contributed by atoms with Gasteiger partial charge in [-0.2, -0.15) is 8.78 Å². The number of hydrogen-bond donors (Lipinski definition) is 1. The third kappa shape index (κ3) is 5.47. The molecule has 1 aromatic heterocycles. The van der Waals surface area contributed by atoms with Crippen LogP contribution >= 0.6 is 0 Å². The summed E-state index contributed by atoms with van der Waals surface area (Å²) in [6.07, 6.45) is 0. The third-order valence-corrected chi connectivity index (χ3v) is 3.74. The van der Waals surface area contributed by atoms with Gasteiger partial charge < -0.3 is 14.8 Å². The first-order chi connectivity index (χ1) is 12.8. The number of ether oxygens (including phenoxy) is 2. The predicted octanol–water partition coefficient (Wildman–Crippen LogP) is 3.66. The Labute approximate surface area is 155 Å². The van der Waals surface area contributed by atoms with Crippen molar-refractivity contribution in [3.05, 3.63) is 58.9 Å². The molecule has 0 aliphatic rings. The molecule has 1 aromatic carbocycles. The third-order valence-electron chi connectivity index (χ3n) is 3.74. The topological polar surface area (TPSA) is 77.5 Å². The van der Waals surface area contributed by atoms with Gasteiger partial charge in [0.15, 0.2) is 0 Å². The Morgan fingerprint density at radius 3 is 2.59 bits per heavy atom. The summed E-state index contributed by atoms with van der Waals surface area (Å²) in [5.41, 5.74) is 1.40. The largest absolute Gasteiger partial charge is 0.462 e. The number of aromatic nitrogens is 1. The number of hydrogen-bond acceptors (Lipinski definition) is 5. The average molecular weight is 378 g/mol. The molecule has 6 nitrogen and oxygen atoms in total. The van der Waals surface area contributed by atoms with Crippen molar-refractivity contribution in [3.63, 3.8) is 0 Å². The molecule has 144 valence electrons. The van der Waals surface area contributed by atoms with Gasteiger partial charge in [0.25, 0.3) is 5.91 Å². The van der Waals surface area contributed by atoms with Crippen LogP contribution in [0.1, 0.15) is 52.0 Å². The molecule has 0 aliphatic carbocycles. The molecule has 1 atom stereocenters. The second-order valence-corrected chi connectivity index (χ2v) is 5.70. The number of alkyl halides is 2. The minimum Gasteiger partial charge on any atom is -0.462 e. The summed E-state index contributed by atoms with van der Waals surface area (Å²) in [6.45, 7) is 2.34. The molecule has 8 heteroatoms. The minimum absolute atomic E-state index is 0.0105. The summed E-state index contributed by atoms with van der Waals surface area (Å²) in [5, 5.41) is 2.73. The van der Waals surface area contributed by atoms with E-state index >= 15 is 0 Å². The van der Waals surface area contributed by atoms with E-state index in [1.807, 2.05) is 0 Å². The fourth-order valence-electron chi connectivity index (χ4n) is 2.43. The molecule has 0 bridgehead atoms. The molecule has 0 spiro atoms. The lowest BCUT2D eigenvalue weighted by atomic mass is 10.1. The summed E-state index contributed by atoms with van der Waals surface area (Å²) < 4.78 is 33.9. The maximum absolute atomic E-state index is 12.4. The van der Waals surface area contributed by atoms with Gasteiger partial charge in [-0.3, -0.25) is 4.79 Å². The zero-order chi connectivity index (χ0) is 20.0. The zero-order valence-corrected chi connectivity index (χ0v) is 15.2. The van der Waals surface area contributed by atoms with Crippen LogP contribution in [0.2, 0.25) is 0 Å². The van der Waals surface area contributed by atoms with Gasteiger partial charge in [-0.05, 0) is 50.6 Å². The Morgan fingerprint density at radius 1 is 1.22 bits per heavy atom. The van der Waals surface area contributed by atoms with Crippen LogP contribution in [0.15, 0.2) is 36.4 Å². The van der Waals surface area contributed by atoms with Crippen molar-refractivity contribution in [1.29, 1.82) is 0 Å². The number of amides is 1. The second-order valence-electron chi connectivity index (χ2n) is 5.70. The number of nitrogens with one attached hydrogen (secondary N) is 1. The molecular weight excluding hydrogens is 358 g/mol. The highest BCUT2D eigenvalue weighted by atomic mass is 19.3. The molecule has 2 aromatic rings. The van der Waals surface area contributed by atoms with Gasteiger partial charge in [0.2, 0.25) is 0 Å². The molecule has 0 saturated carbocycles. The Bertz CT molecular complexity index is 827. The first kappa shape index (κ1) is 20.3. The van der Waals surface area contributed by atoms with Gasteiger partial charge in [-0.15, -0.1) is 0 Å². The highest BCUT2D eigenvalue weighted by Gasteiger charge is 2.17. The SMILES string of the molecule is CCOC(=O)c1ccc(C(=O)NC(C)c2cccc(OC(F)F)c2)nc1C. The Balaban J connectivity index is 2.10. The van der Waals surface area contributed by atoms with Gasteiger partial charge in [0, 0.05) is 0 Å². The summed E-state index contributed by atoms with van der Waals surface area (Å²) in [4.78, 5) is 28.3. The van der Waals surface area contributed by atoms with Crippen LogP contribution in [0.4, 0.5) is 8.78 Å². The van der Waals surface area contributed by atoms with Gasteiger partial charge in [-0.1, -0.05) is 12.1 Å². The van der Waals surface area contributed by atoms with Gasteiger partial charge in [0.1, 0.15) is 11.4 Å². The molecule has 0 radical (unpaired) electrons. The molecule has 1 N–H and O–H groups in total. The first-order valence-corrected chi connectivity index (χ1v) is 8.32. The summed E-state index contributed by atoms with van der Waals surface area (Å²) in [7, 11) is 0. The van der Waals surface area contributed by atoms with Crippen molar-refractivity contribution in [1.82, 2.24) is 10.3 Å². The smallest absolute Gasteiger partial charge is 0.387 e. The normalized spacial score (nSPS) is 11.8. The van der Waals surface area contributed by atoms with E-state index < -0.39 is 24.5 Å². The minimum atomic E-state index is -2.92. The lowest BCUT2D eigenvalue weighted by Crippen LogP contribution is -2.28. The fraction of sp³-hybridized carbons (Fsp3) is 0.316. The summed E-state index contributed by atoms with van der Waals surface area (Å²) >= 11 is 0. The lowest BCUT2D eigenvalue weighted by molar-refractivity contribution is -0.0499.